The second-order valence-electron chi connectivity index (χ2n) is 10.4. The molecule has 3 aliphatic carbocycles. The van der Waals surface area contributed by atoms with Crippen LogP contribution < -0.4 is 0 Å². The highest BCUT2D eigenvalue weighted by Crippen LogP contribution is 2.46. The van der Waals surface area contributed by atoms with E-state index in [0.29, 0.717) is 5.92 Å². The minimum Gasteiger partial charge on any atom is -0.198 e. The zero-order chi connectivity index (χ0) is 18.9. The van der Waals surface area contributed by atoms with Crippen LogP contribution in [0.3, 0.4) is 0 Å². The van der Waals surface area contributed by atoms with Gasteiger partial charge in [-0.15, -0.1) is 0 Å². The molecule has 154 valence electrons. The molecule has 0 saturated heterocycles. The normalized spacial score (nSPS) is 37.6. The summed E-state index contributed by atoms with van der Waals surface area (Å²) in [6.45, 7) is 2.31. The third-order valence-corrected chi connectivity index (χ3v) is 8.65. The Morgan fingerprint density at radius 1 is 0.667 bits per heavy atom. The number of rotatable bonds is 8. The number of hydrogen-bond donors (Lipinski definition) is 0. The molecule has 0 amide bonds. The number of hydrogen-bond acceptors (Lipinski definition) is 1. The van der Waals surface area contributed by atoms with Gasteiger partial charge in [0.05, 0.1) is 6.07 Å². The lowest BCUT2D eigenvalue weighted by Crippen LogP contribution is -2.30. The third-order valence-electron chi connectivity index (χ3n) is 8.65. The summed E-state index contributed by atoms with van der Waals surface area (Å²) in [5.41, 5.74) is 0. The zero-order valence-electron chi connectivity index (χ0n) is 18.1. The van der Waals surface area contributed by atoms with E-state index in [2.05, 4.69) is 13.0 Å². The van der Waals surface area contributed by atoms with Gasteiger partial charge in [-0.25, -0.2) is 0 Å². The van der Waals surface area contributed by atoms with Crippen LogP contribution in [0.1, 0.15) is 122 Å². The molecule has 0 aromatic heterocycles. The van der Waals surface area contributed by atoms with Gasteiger partial charge in [0.2, 0.25) is 0 Å². The summed E-state index contributed by atoms with van der Waals surface area (Å²) in [6, 6.07) is 2.56. The van der Waals surface area contributed by atoms with E-state index in [1.807, 2.05) is 0 Å². The molecule has 0 heterocycles. The summed E-state index contributed by atoms with van der Waals surface area (Å²) in [4.78, 5) is 0. The molecule has 0 spiro atoms. The van der Waals surface area contributed by atoms with E-state index < -0.39 is 0 Å². The lowest BCUT2D eigenvalue weighted by molar-refractivity contribution is 0.105. The van der Waals surface area contributed by atoms with E-state index >= 15 is 0 Å². The van der Waals surface area contributed by atoms with Crippen molar-refractivity contribution in [1.29, 1.82) is 5.26 Å². The van der Waals surface area contributed by atoms with Crippen molar-refractivity contribution >= 4 is 0 Å². The van der Waals surface area contributed by atoms with Gasteiger partial charge in [-0.3, -0.25) is 0 Å². The van der Waals surface area contributed by atoms with Crippen molar-refractivity contribution < 1.29 is 0 Å². The van der Waals surface area contributed by atoms with Crippen molar-refractivity contribution in [3.8, 4) is 6.07 Å². The Morgan fingerprint density at radius 2 is 1.26 bits per heavy atom. The van der Waals surface area contributed by atoms with Crippen molar-refractivity contribution in [3.05, 3.63) is 0 Å². The highest BCUT2D eigenvalue weighted by atomic mass is 14.4. The van der Waals surface area contributed by atoms with Crippen LogP contribution in [-0.4, -0.2) is 0 Å². The maximum Gasteiger partial charge on any atom is 0.0655 e. The standard InChI is InChI=1S/C26H45N/c1-2-3-4-5-6-8-21-11-13-23(14-12-21)24-15-17-25(18-16-24)26-10-7-9-22(19-26)20-27/h21-26H,2-19H2,1H3/t21-,22?,23-,24-,25-,26?. The van der Waals surface area contributed by atoms with Gasteiger partial charge in [-0.2, -0.15) is 5.26 Å². The maximum absolute atomic E-state index is 9.28. The molecule has 2 unspecified atom stereocenters. The molecule has 0 aromatic rings. The Morgan fingerprint density at radius 3 is 1.89 bits per heavy atom. The first-order valence-corrected chi connectivity index (χ1v) is 12.7. The summed E-state index contributed by atoms with van der Waals surface area (Å²) >= 11 is 0. The van der Waals surface area contributed by atoms with Gasteiger partial charge in [-0.1, -0.05) is 71.1 Å². The predicted molar refractivity (Wildman–Crippen MR) is 115 cm³/mol. The van der Waals surface area contributed by atoms with Gasteiger partial charge >= 0.3 is 0 Å². The fourth-order valence-corrected chi connectivity index (χ4v) is 6.85. The zero-order valence-corrected chi connectivity index (χ0v) is 18.1. The highest BCUT2D eigenvalue weighted by Gasteiger charge is 2.34. The molecule has 0 bridgehead atoms. The summed E-state index contributed by atoms with van der Waals surface area (Å²) in [6.07, 6.45) is 26.0. The fraction of sp³-hybridized carbons (Fsp3) is 0.962. The van der Waals surface area contributed by atoms with Crippen LogP contribution in [0.25, 0.3) is 0 Å². The third kappa shape index (κ3) is 6.51. The molecule has 27 heavy (non-hydrogen) atoms. The van der Waals surface area contributed by atoms with Crippen LogP contribution in [0.15, 0.2) is 0 Å². The van der Waals surface area contributed by atoms with Crippen LogP contribution in [0.4, 0.5) is 0 Å². The Balaban J connectivity index is 1.31. The Labute approximate surface area is 169 Å². The molecule has 0 radical (unpaired) electrons. The molecular formula is C26H45N. The van der Waals surface area contributed by atoms with E-state index in [1.54, 1.807) is 0 Å². The summed E-state index contributed by atoms with van der Waals surface area (Å²) in [5, 5.41) is 9.28. The first-order valence-electron chi connectivity index (χ1n) is 12.7. The van der Waals surface area contributed by atoms with Gasteiger partial charge in [0.25, 0.3) is 0 Å². The summed E-state index contributed by atoms with van der Waals surface area (Å²) in [5.74, 6) is 5.37. The van der Waals surface area contributed by atoms with Crippen molar-refractivity contribution in [1.82, 2.24) is 0 Å². The molecule has 3 aliphatic rings. The highest BCUT2D eigenvalue weighted by molar-refractivity contribution is 4.91. The molecular weight excluding hydrogens is 326 g/mol. The lowest BCUT2D eigenvalue weighted by atomic mass is 9.64. The monoisotopic (exact) mass is 371 g/mol. The Hall–Kier alpha value is -0.510. The second kappa shape index (κ2) is 11.5. The second-order valence-corrected chi connectivity index (χ2v) is 10.4. The van der Waals surface area contributed by atoms with E-state index in [1.165, 1.54) is 116 Å². The molecule has 3 saturated carbocycles. The van der Waals surface area contributed by atoms with Crippen molar-refractivity contribution in [2.75, 3.05) is 0 Å². The number of nitriles is 1. The van der Waals surface area contributed by atoms with Crippen molar-refractivity contribution in [2.45, 2.75) is 122 Å². The van der Waals surface area contributed by atoms with E-state index in [4.69, 9.17) is 0 Å². The van der Waals surface area contributed by atoms with Gasteiger partial charge in [0.1, 0.15) is 0 Å². The summed E-state index contributed by atoms with van der Waals surface area (Å²) in [7, 11) is 0. The fourth-order valence-electron chi connectivity index (χ4n) is 6.85. The first kappa shape index (κ1) is 21.2. The van der Waals surface area contributed by atoms with Crippen LogP contribution in [0.2, 0.25) is 0 Å². The van der Waals surface area contributed by atoms with E-state index in [-0.39, 0.29) is 0 Å². The van der Waals surface area contributed by atoms with Crippen LogP contribution >= 0.6 is 0 Å². The SMILES string of the molecule is CCCCCCC[C@H]1CC[C@H]([C@H]2CC[C@H](C3CCCC(C#N)C3)CC2)CC1. The smallest absolute Gasteiger partial charge is 0.0655 e. The molecule has 3 rings (SSSR count). The van der Waals surface area contributed by atoms with Crippen LogP contribution in [0, 0.1) is 46.8 Å². The van der Waals surface area contributed by atoms with Gasteiger partial charge in [0, 0.05) is 5.92 Å². The lowest BCUT2D eigenvalue weighted by Gasteiger charge is -2.41. The molecule has 3 fully saturated rings. The molecule has 0 N–H and O–H groups in total. The predicted octanol–water partition coefficient (Wildman–Crippen LogP) is 8.29. The van der Waals surface area contributed by atoms with E-state index in [9.17, 15) is 5.26 Å². The molecule has 1 nitrogen and oxygen atoms in total. The molecule has 0 aliphatic heterocycles. The Kier molecular flexibility index (Phi) is 9.02. The summed E-state index contributed by atoms with van der Waals surface area (Å²) < 4.78 is 0. The molecule has 1 heteroatoms. The number of nitrogens with zero attached hydrogens (tertiary/aromatic N) is 1. The van der Waals surface area contributed by atoms with Crippen molar-refractivity contribution in [2.24, 2.45) is 35.5 Å². The van der Waals surface area contributed by atoms with Gasteiger partial charge in [-0.05, 0) is 81.0 Å². The van der Waals surface area contributed by atoms with E-state index in [0.717, 1.165) is 29.6 Å². The average Bonchev–Trinajstić information content (AvgIpc) is 2.74. The number of unbranched alkanes of at least 4 members (excludes halogenated alkanes) is 4. The first-order chi connectivity index (χ1) is 13.3. The van der Waals surface area contributed by atoms with Crippen molar-refractivity contribution in [3.63, 3.8) is 0 Å². The van der Waals surface area contributed by atoms with Crippen LogP contribution in [-0.2, 0) is 0 Å². The maximum atomic E-state index is 9.28. The minimum atomic E-state index is 0.374. The largest absolute Gasteiger partial charge is 0.198 e. The molecule has 0 aromatic carbocycles. The van der Waals surface area contributed by atoms with Crippen LogP contribution in [0.5, 0.6) is 0 Å². The Bertz CT molecular complexity index is 434. The van der Waals surface area contributed by atoms with Gasteiger partial charge < -0.3 is 0 Å². The topological polar surface area (TPSA) is 23.8 Å². The average molecular weight is 372 g/mol. The van der Waals surface area contributed by atoms with Gasteiger partial charge in [0.15, 0.2) is 0 Å². The minimum absolute atomic E-state index is 0.374. The quantitative estimate of drug-likeness (QED) is 0.394. The molecule has 2 atom stereocenters.